The molecular formula is C9H13FN2O. The molecule has 0 spiro atoms. The maximum Gasteiger partial charge on any atom is 0.218 e. The van der Waals surface area contributed by atoms with E-state index in [1.165, 1.54) is 6.07 Å². The van der Waals surface area contributed by atoms with Crippen molar-refractivity contribution in [2.24, 2.45) is 5.73 Å². The molecule has 0 aromatic carbocycles. The lowest BCUT2D eigenvalue weighted by molar-refractivity contribution is 0.229. The number of ether oxygens (including phenoxy) is 1. The Morgan fingerprint density at radius 1 is 1.62 bits per heavy atom. The van der Waals surface area contributed by atoms with Gasteiger partial charge in [0, 0.05) is 12.1 Å². The predicted molar refractivity (Wildman–Crippen MR) is 47.9 cm³/mol. The summed E-state index contributed by atoms with van der Waals surface area (Å²) in [6, 6.07) is 1.34. The van der Waals surface area contributed by atoms with Crippen molar-refractivity contribution in [3.05, 3.63) is 23.6 Å². The first-order valence-electron chi connectivity index (χ1n) is 4.14. The Labute approximate surface area is 76.7 Å². The summed E-state index contributed by atoms with van der Waals surface area (Å²) in [6.45, 7) is 3.99. The van der Waals surface area contributed by atoms with Gasteiger partial charge in [-0.2, -0.15) is 0 Å². The molecule has 0 amide bonds. The van der Waals surface area contributed by atoms with Crippen LogP contribution in [-0.4, -0.2) is 11.1 Å². The summed E-state index contributed by atoms with van der Waals surface area (Å²) < 4.78 is 18.0. The Morgan fingerprint density at radius 3 is 2.85 bits per heavy atom. The molecule has 0 radical (unpaired) electrons. The molecule has 0 unspecified atom stereocenters. The van der Waals surface area contributed by atoms with Crippen molar-refractivity contribution >= 4 is 0 Å². The summed E-state index contributed by atoms with van der Waals surface area (Å²) in [5.41, 5.74) is 6.00. The van der Waals surface area contributed by atoms with Crippen LogP contribution >= 0.6 is 0 Å². The first kappa shape index (κ1) is 9.92. The summed E-state index contributed by atoms with van der Waals surface area (Å²) in [6.07, 6.45) is 1.14. The second kappa shape index (κ2) is 4.18. The molecule has 0 aliphatic carbocycles. The molecule has 0 saturated carbocycles. The van der Waals surface area contributed by atoms with Gasteiger partial charge < -0.3 is 10.5 Å². The highest BCUT2D eigenvalue weighted by molar-refractivity contribution is 5.25. The van der Waals surface area contributed by atoms with E-state index in [1.54, 1.807) is 0 Å². The van der Waals surface area contributed by atoms with Crippen LogP contribution in [0.25, 0.3) is 0 Å². The third-order valence-corrected chi connectivity index (χ3v) is 1.46. The fourth-order valence-corrected chi connectivity index (χ4v) is 0.944. The van der Waals surface area contributed by atoms with Crippen LogP contribution in [-0.2, 0) is 6.54 Å². The summed E-state index contributed by atoms with van der Waals surface area (Å²) in [7, 11) is 0. The topological polar surface area (TPSA) is 48.1 Å². The van der Waals surface area contributed by atoms with Crippen molar-refractivity contribution < 1.29 is 9.13 Å². The van der Waals surface area contributed by atoms with E-state index in [0.29, 0.717) is 11.4 Å². The highest BCUT2D eigenvalue weighted by Crippen LogP contribution is 2.16. The largest absolute Gasteiger partial charge is 0.475 e. The third-order valence-electron chi connectivity index (χ3n) is 1.46. The van der Waals surface area contributed by atoms with Gasteiger partial charge in [0.25, 0.3) is 0 Å². The van der Waals surface area contributed by atoms with Gasteiger partial charge in [-0.1, -0.05) is 0 Å². The van der Waals surface area contributed by atoms with Gasteiger partial charge in [0.2, 0.25) is 5.88 Å². The van der Waals surface area contributed by atoms with Gasteiger partial charge in [-0.15, -0.1) is 0 Å². The van der Waals surface area contributed by atoms with Crippen molar-refractivity contribution in [2.75, 3.05) is 0 Å². The van der Waals surface area contributed by atoms with E-state index in [9.17, 15) is 4.39 Å². The molecule has 0 saturated heterocycles. The highest BCUT2D eigenvalue weighted by Gasteiger charge is 2.06. The highest BCUT2D eigenvalue weighted by atomic mass is 19.1. The SMILES string of the molecule is CC(C)Oc1ncc(F)cc1CN. The maximum atomic E-state index is 12.7. The standard InChI is InChI=1S/C9H13FN2O/c1-6(2)13-9-7(4-11)3-8(10)5-12-9/h3,5-6H,4,11H2,1-2H3. The van der Waals surface area contributed by atoms with Gasteiger partial charge >= 0.3 is 0 Å². The van der Waals surface area contributed by atoms with Crippen LogP contribution < -0.4 is 10.5 Å². The fourth-order valence-electron chi connectivity index (χ4n) is 0.944. The predicted octanol–water partition coefficient (Wildman–Crippen LogP) is 1.47. The fraction of sp³-hybridized carbons (Fsp3) is 0.444. The van der Waals surface area contributed by atoms with Crippen LogP contribution in [0.1, 0.15) is 19.4 Å². The molecule has 3 nitrogen and oxygen atoms in total. The zero-order valence-corrected chi connectivity index (χ0v) is 7.75. The second-order valence-corrected chi connectivity index (χ2v) is 2.99. The minimum atomic E-state index is -0.392. The Balaban J connectivity index is 2.92. The van der Waals surface area contributed by atoms with Crippen LogP contribution in [0.3, 0.4) is 0 Å². The lowest BCUT2D eigenvalue weighted by atomic mass is 10.2. The number of hydrogen-bond acceptors (Lipinski definition) is 3. The zero-order chi connectivity index (χ0) is 9.84. The normalized spacial score (nSPS) is 10.5. The molecule has 0 atom stereocenters. The molecule has 0 bridgehead atoms. The Morgan fingerprint density at radius 2 is 2.31 bits per heavy atom. The van der Waals surface area contributed by atoms with E-state index < -0.39 is 5.82 Å². The van der Waals surface area contributed by atoms with Crippen LogP contribution in [0.2, 0.25) is 0 Å². The number of halogens is 1. The summed E-state index contributed by atoms with van der Waals surface area (Å²) in [5.74, 6) is 0.0236. The van der Waals surface area contributed by atoms with Crippen LogP contribution in [0, 0.1) is 5.82 Å². The molecule has 4 heteroatoms. The average molecular weight is 184 g/mol. The lowest BCUT2D eigenvalue weighted by Gasteiger charge is -2.11. The van der Waals surface area contributed by atoms with Gasteiger partial charge in [0.1, 0.15) is 5.82 Å². The minimum Gasteiger partial charge on any atom is -0.475 e. The van der Waals surface area contributed by atoms with Crippen LogP contribution in [0.15, 0.2) is 12.3 Å². The van der Waals surface area contributed by atoms with Crippen molar-refractivity contribution in [3.8, 4) is 5.88 Å². The second-order valence-electron chi connectivity index (χ2n) is 2.99. The van der Waals surface area contributed by atoms with E-state index in [0.717, 1.165) is 6.20 Å². The number of hydrogen-bond donors (Lipinski definition) is 1. The van der Waals surface area contributed by atoms with Gasteiger partial charge in [0.05, 0.1) is 12.3 Å². The van der Waals surface area contributed by atoms with Crippen LogP contribution in [0.5, 0.6) is 5.88 Å². The third kappa shape index (κ3) is 2.66. The summed E-state index contributed by atoms with van der Waals surface area (Å²) >= 11 is 0. The first-order valence-corrected chi connectivity index (χ1v) is 4.14. The molecule has 0 aliphatic rings. The minimum absolute atomic E-state index is 0.0169. The Kier molecular flexibility index (Phi) is 3.19. The van der Waals surface area contributed by atoms with Crippen molar-refractivity contribution in [3.63, 3.8) is 0 Å². The number of nitrogens with two attached hydrogens (primary N) is 1. The molecule has 13 heavy (non-hydrogen) atoms. The van der Waals surface area contributed by atoms with E-state index in [1.807, 2.05) is 13.8 Å². The van der Waals surface area contributed by atoms with Gasteiger partial charge in [-0.25, -0.2) is 9.37 Å². The quantitative estimate of drug-likeness (QED) is 0.773. The Hall–Kier alpha value is -1.16. The van der Waals surface area contributed by atoms with E-state index in [-0.39, 0.29) is 12.6 Å². The van der Waals surface area contributed by atoms with Crippen molar-refractivity contribution in [2.45, 2.75) is 26.5 Å². The van der Waals surface area contributed by atoms with Gasteiger partial charge in [0.15, 0.2) is 0 Å². The van der Waals surface area contributed by atoms with Gasteiger partial charge in [-0.3, -0.25) is 0 Å². The van der Waals surface area contributed by atoms with E-state index in [2.05, 4.69) is 4.98 Å². The lowest BCUT2D eigenvalue weighted by Crippen LogP contribution is -2.11. The van der Waals surface area contributed by atoms with Gasteiger partial charge in [-0.05, 0) is 19.9 Å². The molecule has 1 aromatic rings. The number of nitrogens with zero attached hydrogens (tertiary/aromatic N) is 1. The summed E-state index contributed by atoms with van der Waals surface area (Å²) in [4.78, 5) is 3.81. The molecule has 72 valence electrons. The molecule has 0 aliphatic heterocycles. The Bertz CT molecular complexity index is 289. The van der Waals surface area contributed by atoms with Crippen LogP contribution in [0.4, 0.5) is 4.39 Å². The number of aromatic nitrogens is 1. The average Bonchev–Trinajstić information content (AvgIpc) is 2.07. The molecule has 1 heterocycles. The molecular weight excluding hydrogens is 171 g/mol. The van der Waals surface area contributed by atoms with E-state index >= 15 is 0 Å². The summed E-state index contributed by atoms with van der Waals surface area (Å²) in [5, 5.41) is 0. The van der Waals surface area contributed by atoms with Crippen molar-refractivity contribution in [1.82, 2.24) is 4.98 Å². The van der Waals surface area contributed by atoms with Crippen molar-refractivity contribution in [1.29, 1.82) is 0 Å². The van der Waals surface area contributed by atoms with E-state index in [4.69, 9.17) is 10.5 Å². The molecule has 1 aromatic heterocycles. The zero-order valence-electron chi connectivity index (χ0n) is 7.75. The molecule has 0 fully saturated rings. The smallest absolute Gasteiger partial charge is 0.218 e. The number of pyridine rings is 1. The molecule has 2 N–H and O–H groups in total. The monoisotopic (exact) mass is 184 g/mol. The number of rotatable bonds is 3. The first-order chi connectivity index (χ1) is 6.13. The maximum absolute atomic E-state index is 12.7. The molecule has 1 rings (SSSR count).